The second-order valence-corrected chi connectivity index (χ2v) is 5.35. The number of pyridine rings is 2. The van der Waals surface area contributed by atoms with E-state index in [9.17, 15) is 0 Å². The van der Waals surface area contributed by atoms with E-state index in [-0.39, 0.29) is 0 Å². The van der Waals surface area contributed by atoms with Gasteiger partial charge in [-0.3, -0.25) is 9.97 Å². The second-order valence-electron chi connectivity index (χ2n) is 5.35. The Bertz CT molecular complexity index is 983. The quantitative estimate of drug-likeness (QED) is 0.581. The fourth-order valence-electron chi connectivity index (χ4n) is 2.45. The molecule has 0 atom stereocenters. The standard InChI is InChI=1S/C18H15N7/c1-2-9-19-14(7-1)11-21-16-12-22-25-18(24-16)23-15-8-3-5-13-6-4-10-20-17(13)15/h1-10,12H,11H2,(H2,21,23,24,25). The van der Waals surface area contributed by atoms with Crippen LogP contribution in [0.1, 0.15) is 5.69 Å². The molecule has 3 heterocycles. The average molecular weight is 329 g/mol. The first-order valence-corrected chi connectivity index (χ1v) is 7.83. The molecular weight excluding hydrogens is 314 g/mol. The summed E-state index contributed by atoms with van der Waals surface area (Å²) in [5, 5.41) is 15.5. The smallest absolute Gasteiger partial charge is 0.249 e. The summed E-state index contributed by atoms with van der Waals surface area (Å²) in [7, 11) is 0. The number of fused-ring (bicyclic) bond motifs is 1. The number of benzene rings is 1. The number of para-hydroxylation sites is 1. The zero-order chi connectivity index (χ0) is 16.9. The van der Waals surface area contributed by atoms with Gasteiger partial charge in [0.05, 0.1) is 29.6 Å². The summed E-state index contributed by atoms with van der Waals surface area (Å²) in [5.74, 6) is 1.03. The lowest BCUT2D eigenvalue weighted by molar-refractivity contribution is 0.956. The second kappa shape index (κ2) is 6.88. The molecule has 0 aliphatic rings. The number of hydrogen-bond acceptors (Lipinski definition) is 7. The highest BCUT2D eigenvalue weighted by molar-refractivity contribution is 5.91. The van der Waals surface area contributed by atoms with Gasteiger partial charge < -0.3 is 10.6 Å². The van der Waals surface area contributed by atoms with Crippen molar-refractivity contribution in [2.75, 3.05) is 10.6 Å². The van der Waals surface area contributed by atoms with Gasteiger partial charge in [-0.05, 0) is 24.3 Å². The molecule has 0 amide bonds. The van der Waals surface area contributed by atoms with Gasteiger partial charge in [0.25, 0.3) is 0 Å². The van der Waals surface area contributed by atoms with E-state index < -0.39 is 0 Å². The van der Waals surface area contributed by atoms with E-state index in [1.807, 2.05) is 48.5 Å². The van der Waals surface area contributed by atoms with Gasteiger partial charge in [0, 0.05) is 17.8 Å². The Morgan fingerprint density at radius 1 is 0.880 bits per heavy atom. The minimum absolute atomic E-state index is 0.407. The van der Waals surface area contributed by atoms with Crippen molar-refractivity contribution in [3.8, 4) is 0 Å². The SMILES string of the molecule is c1ccc(CNc2cnnc(Nc3cccc4cccnc34)n2)nc1. The lowest BCUT2D eigenvalue weighted by atomic mass is 10.2. The van der Waals surface area contributed by atoms with Gasteiger partial charge in [0.15, 0.2) is 5.82 Å². The molecule has 0 saturated heterocycles. The van der Waals surface area contributed by atoms with Gasteiger partial charge in [-0.25, -0.2) is 0 Å². The van der Waals surface area contributed by atoms with Crippen LogP contribution in [0.2, 0.25) is 0 Å². The van der Waals surface area contributed by atoms with Gasteiger partial charge in [-0.15, -0.1) is 5.10 Å². The van der Waals surface area contributed by atoms with Gasteiger partial charge >= 0.3 is 0 Å². The number of nitrogens with one attached hydrogen (secondary N) is 2. The maximum Gasteiger partial charge on any atom is 0.249 e. The monoisotopic (exact) mass is 329 g/mol. The lowest BCUT2D eigenvalue weighted by Gasteiger charge is -2.09. The molecule has 0 radical (unpaired) electrons. The molecule has 3 aromatic heterocycles. The lowest BCUT2D eigenvalue weighted by Crippen LogP contribution is -2.06. The van der Waals surface area contributed by atoms with Crippen molar-refractivity contribution in [3.63, 3.8) is 0 Å². The van der Waals surface area contributed by atoms with Crippen LogP contribution in [0.4, 0.5) is 17.5 Å². The summed E-state index contributed by atoms with van der Waals surface area (Å²) in [6, 6.07) is 15.6. The molecular formula is C18H15N7. The zero-order valence-corrected chi connectivity index (χ0v) is 13.3. The minimum atomic E-state index is 0.407. The third-order valence-electron chi connectivity index (χ3n) is 3.61. The van der Waals surface area contributed by atoms with Crippen molar-refractivity contribution in [2.45, 2.75) is 6.54 Å². The van der Waals surface area contributed by atoms with Crippen LogP contribution in [0.5, 0.6) is 0 Å². The summed E-state index contributed by atoms with van der Waals surface area (Å²) in [6.07, 6.45) is 5.10. The first kappa shape index (κ1) is 14.9. The maximum absolute atomic E-state index is 4.44. The van der Waals surface area contributed by atoms with E-state index in [2.05, 4.69) is 35.8 Å². The Kier molecular flexibility index (Phi) is 4.11. The number of aromatic nitrogens is 5. The Morgan fingerprint density at radius 2 is 1.80 bits per heavy atom. The number of rotatable bonds is 5. The van der Waals surface area contributed by atoms with Crippen LogP contribution in [0.3, 0.4) is 0 Å². The predicted octanol–water partition coefficient (Wildman–Crippen LogP) is 3.17. The van der Waals surface area contributed by atoms with Crippen molar-refractivity contribution >= 4 is 28.4 Å². The fraction of sp³-hybridized carbons (Fsp3) is 0.0556. The molecule has 0 aliphatic heterocycles. The summed E-state index contributed by atoms with van der Waals surface area (Å²) in [6.45, 7) is 0.564. The predicted molar refractivity (Wildman–Crippen MR) is 96.4 cm³/mol. The highest BCUT2D eigenvalue weighted by Crippen LogP contribution is 2.23. The third kappa shape index (κ3) is 3.50. The molecule has 122 valence electrons. The van der Waals surface area contributed by atoms with Crippen LogP contribution in [-0.2, 0) is 6.54 Å². The number of anilines is 3. The molecule has 7 nitrogen and oxygen atoms in total. The summed E-state index contributed by atoms with van der Waals surface area (Å²) >= 11 is 0. The summed E-state index contributed by atoms with van der Waals surface area (Å²) < 4.78 is 0. The number of hydrogen-bond donors (Lipinski definition) is 2. The Labute approximate surface area is 144 Å². The number of nitrogens with zero attached hydrogens (tertiary/aromatic N) is 5. The van der Waals surface area contributed by atoms with Crippen molar-refractivity contribution in [1.82, 2.24) is 25.1 Å². The van der Waals surface area contributed by atoms with E-state index in [0.29, 0.717) is 18.3 Å². The van der Waals surface area contributed by atoms with Crippen LogP contribution < -0.4 is 10.6 Å². The van der Waals surface area contributed by atoms with Gasteiger partial charge in [0.1, 0.15) is 0 Å². The first-order chi connectivity index (χ1) is 12.4. The molecule has 0 spiro atoms. The Balaban J connectivity index is 1.53. The molecule has 0 fully saturated rings. The maximum atomic E-state index is 4.44. The van der Waals surface area contributed by atoms with Crippen LogP contribution in [0.15, 0.2) is 67.1 Å². The van der Waals surface area contributed by atoms with E-state index in [1.165, 1.54) is 0 Å². The van der Waals surface area contributed by atoms with Crippen LogP contribution in [0, 0.1) is 0 Å². The van der Waals surface area contributed by atoms with Gasteiger partial charge in [-0.2, -0.15) is 10.1 Å². The zero-order valence-electron chi connectivity index (χ0n) is 13.3. The van der Waals surface area contributed by atoms with Gasteiger partial charge in [-0.1, -0.05) is 24.3 Å². The molecule has 4 aromatic rings. The Hall–Kier alpha value is -3.61. The molecule has 0 saturated carbocycles. The fourth-order valence-corrected chi connectivity index (χ4v) is 2.45. The third-order valence-corrected chi connectivity index (χ3v) is 3.61. The average Bonchev–Trinajstić information content (AvgIpc) is 2.68. The largest absolute Gasteiger partial charge is 0.363 e. The highest BCUT2D eigenvalue weighted by Gasteiger charge is 2.05. The molecule has 0 bridgehead atoms. The van der Waals surface area contributed by atoms with Crippen LogP contribution >= 0.6 is 0 Å². The molecule has 25 heavy (non-hydrogen) atoms. The molecule has 7 heteroatoms. The first-order valence-electron chi connectivity index (χ1n) is 7.83. The van der Waals surface area contributed by atoms with Crippen molar-refractivity contribution in [3.05, 3.63) is 72.8 Å². The van der Waals surface area contributed by atoms with E-state index in [4.69, 9.17) is 0 Å². The molecule has 1 aromatic carbocycles. The summed E-state index contributed by atoms with van der Waals surface area (Å²) in [5.41, 5.74) is 2.62. The molecule has 0 unspecified atom stereocenters. The van der Waals surface area contributed by atoms with Crippen LogP contribution in [0.25, 0.3) is 10.9 Å². The van der Waals surface area contributed by atoms with Gasteiger partial charge in [0.2, 0.25) is 5.95 Å². The van der Waals surface area contributed by atoms with E-state index in [0.717, 1.165) is 22.3 Å². The van der Waals surface area contributed by atoms with Crippen LogP contribution in [-0.4, -0.2) is 25.1 Å². The minimum Gasteiger partial charge on any atom is -0.363 e. The molecule has 0 aliphatic carbocycles. The Morgan fingerprint density at radius 3 is 2.72 bits per heavy atom. The van der Waals surface area contributed by atoms with E-state index in [1.54, 1.807) is 18.6 Å². The topological polar surface area (TPSA) is 88.5 Å². The molecule has 4 rings (SSSR count). The van der Waals surface area contributed by atoms with Crippen molar-refractivity contribution < 1.29 is 0 Å². The van der Waals surface area contributed by atoms with E-state index >= 15 is 0 Å². The van der Waals surface area contributed by atoms with Crippen molar-refractivity contribution in [1.29, 1.82) is 0 Å². The summed E-state index contributed by atoms with van der Waals surface area (Å²) in [4.78, 5) is 13.1. The normalized spacial score (nSPS) is 10.6. The van der Waals surface area contributed by atoms with Crippen molar-refractivity contribution in [2.24, 2.45) is 0 Å². The highest BCUT2D eigenvalue weighted by atomic mass is 15.3. The molecule has 2 N–H and O–H groups in total.